The summed E-state index contributed by atoms with van der Waals surface area (Å²) in [6, 6.07) is 4.61. The molecule has 0 aliphatic heterocycles. The second-order valence-corrected chi connectivity index (χ2v) is 4.76. The Hall–Kier alpha value is -2.70. The Bertz CT molecular complexity index is 851. The number of hydrogen-bond acceptors (Lipinski definition) is 3. The number of nitrogens with zero attached hydrogens (tertiary/aromatic N) is 3. The van der Waals surface area contributed by atoms with Crippen molar-refractivity contribution in [2.24, 2.45) is 0 Å². The van der Waals surface area contributed by atoms with Gasteiger partial charge >= 0.3 is 6.18 Å². The first-order valence-corrected chi connectivity index (χ1v) is 6.38. The van der Waals surface area contributed by atoms with Gasteiger partial charge in [0.2, 0.25) is 0 Å². The Morgan fingerprint density at radius 2 is 1.86 bits per heavy atom. The van der Waals surface area contributed by atoms with E-state index in [1.165, 1.54) is 31.5 Å². The number of carbonyl (C=O) groups is 1. The van der Waals surface area contributed by atoms with Crippen molar-refractivity contribution in [1.29, 1.82) is 0 Å². The zero-order valence-electron chi connectivity index (χ0n) is 11.4. The summed E-state index contributed by atoms with van der Waals surface area (Å²) in [5, 5.41) is 0. The largest absolute Gasteiger partial charge is 0.416 e. The van der Waals surface area contributed by atoms with E-state index in [0.717, 1.165) is 12.1 Å². The van der Waals surface area contributed by atoms with Gasteiger partial charge in [-0.05, 0) is 12.1 Å². The van der Waals surface area contributed by atoms with Crippen LogP contribution in [-0.2, 0) is 6.18 Å². The lowest BCUT2D eigenvalue weighted by Gasteiger charge is -2.09. The van der Waals surface area contributed by atoms with Crippen molar-refractivity contribution in [3.63, 3.8) is 0 Å². The molecule has 0 saturated heterocycles. The van der Waals surface area contributed by atoms with Gasteiger partial charge in [0.15, 0.2) is 11.4 Å². The highest BCUT2D eigenvalue weighted by molar-refractivity contribution is 5.93. The molecule has 3 aromatic rings. The predicted molar refractivity (Wildman–Crippen MR) is 73.4 cm³/mol. The van der Waals surface area contributed by atoms with E-state index in [2.05, 4.69) is 9.97 Å². The summed E-state index contributed by atoms with van der Waals surface area (Å²) >= 11 is 0. The minimum Gasteiger partial charge on any atom is -0.303 e. The van der Waals surface area contributed by atoms with Crippen LogP contribution in [0.5, 0.6) is 0 Å². The lowest BCUT2D eigenvalue weighted by Crippen LogP contribution is -2.05. The number of fused-ring (bicyclic) bond motifs is 1. The topological polar surface area (TPSA) is 47.3 Å². The molecule has 3 rings (SSSR count). The number of rotatable bonds is 2. The zero-order chi connectivity index (χ0) is 15.9. The highest BCUT2D eigenvalue weighted by Gasteiger charge is 2.30. The predicted octanol–water partition coefficient (Wildman–Crippen LogP) is 3.62. The first kappa shape index (κ1) is 14.2. The smallest absolute Gasteiger partial charge is 0.303 e. The fourth-order valence-electron chi connectivity index (χ4n) is 2.11. The standard InChI is InChI=1S/C15H10F3N3O/c1-9(22)12-8-21-7-6-19-14(21)13(20-12)10-2-4-11(5-3-10)15(16,17)18/h2-8H,1H3. The van der Waals surface area contributed by atoms with Crippen LogP contribution in [0.25, 0.3) is 16.9 Å². The van der Waals surface area contributed by atoms with E-state index in [1.54, 1.807) is 10.6 Å². The molecule has 2 heterocycles. The second kappa shape index (κ2) is 4.94. The molecule has 0 aliphatic carbocycles. The minimum absolute atomic E-state index is 0.223. The van der Waals surface area contributed by atoms with Gasteiger partial charge < -0.3 is 4.40 Å². The number of benzene rings is 1. The molecule has 0 unspecified atom stereocenters. The maximum atomic E-state index is 12.6. The van der Waals surface area contributed by atoms with Crippen LogP contribution in [-0.4, -0.2) is 20.2 Å². The van der Waals surface area contributed by atoms with E-state index in [4.69, 9.17) is 0 Å². The van der Waals surface area contributed by atoms with Crippen LogP contribution in [0.2, 0.25) is 0 Å². The zero-order valence-corrected chi connectivity index (χ0v) is 11.4. The van der Waals surface area contributed by atoms with Crippen LogP contribution in [0.3, 0.4) is 0 Å². The second-order valence-electron chi connectivity index (χ2n) is 4.76. The normalized spacial score (nSPS) is 11.8. The lowest BCUT2D eigenvalue weighted by molar-refractivity contribution is -0.137. The van der Waals surface area contributed by atoms with E-state index >= 15 is 0 Å². The number of hydrogen-bond donors (Lipinski definition) is 0. The minimum atomic E-state index is -4.39. The molecule has 0 spiro atoms. The summed E-state index contributed by atoms with van der Waals surface area (Å²) in [6.07, 6.45) is 0.333. The summed E-state index contributed by atoms with van der Waals surface area (Å²) < 4.78 is 39.5. The summed E-state index contributed by atoms with van der Waals surface area (Å²) in [4.78, 5) is 19.9. The number of carbonyl (C=O) groups excluding carboxylic acids is 1. The maximum Gasteiger partial charge on any atom is 0.416 e. The van der Waals surface area contributed by atoms with Gasteiger partial charge in [0.05, 0.1) is 5.56 Å². The SMILES string of the molecule is CC(=O)c1cn2ccnc2c(-c2ccc(C(F)(F)F)cc2)n1. The Morgan fingerprint density at radius 3 is 2.45 bits per heavy atom. The number of aromatic nitrogens is 3. The molecule has 112 valence electrons. The molecule has 1 aromatic carbocycles. The van der Waals surface area contributed by atoms with E-state index in [-0.39, 0.29) is 11.5 Å². The van der Waals surface area contributed by atoms with Gasteiger partial charge in [-0.1, -0.05) is 12.1 Å². The Morgan fingerprint density at radius 1 is 1.18 bits per heavy atom. The first-order chi connectivity index (χ1) is 10.4. The maximum absolute atomic E-state index is 12.6. The van der Waals surface area contributed by atoms with Crippen molar-refractivity contribution in [3.05, 3.63) is 54.1 Å². The third kappa shape index (κ3) is 2.45. The van der Waals surface area contributed by atoms with Crippen LogP contribution >= 0.6 is 0 Å². The van der Waals surface area contributed by atoms with Crippen LogP contribution < -0.4 is 0 Å². The van der Waals surface area contributed by atoms with Gasteiger partial charge in [0, 0.05) is 31.1 Å². The molecule has 0 fully saturated rings. The lowest BCUT2D eigenvalue weighted by atomic mass is 10.1. The third-order valence-electron chi connectivity index (χ3n) is 3.22. The van der Waals surface area contributed by atoms with Crippen LogP contribution in [0, 0.1) is 0 Å². The molecule has 0 bridgehead atoms. The highest BCUT2D eigenvalue weighted by atomic mass is 19.4. The van der Waals surface area contributed by atoms with Crippen molar-refractivity contribution in [2.75, 3.05) is 0 Å². The Labute approximate surface area is 123 Å². The van der Waals surface area contributed by atoms with Crippen molar-refractivity contribution in [3.8, 4) is 11.3 Å². The average Bonchev–Trinajstić information content (AvgIpc) is 2.93. The van der Waals surface area contributed by atoms with E-state index in [0.29, 0.717) is 16.9 Å². The monoisotopic (exact) mass is 305 g/mol. The summed E-state index contributed by atoms with van der Waals surface area (Å²) in [5.41, 5.74) is 0.794. The molecule has 0 amide bonds. The molecule has 0 aliphatic rings. The number of imidazole rings is 1. The fraction of sp³-hybridized carbons (Fsp3) is 0.133. The summed E-state index contributed by atoms with van der Waals surface area (Å²) in [5.74, 6) is -0.233. The van der Waals surface area contributed by atoms with Crippen LogP contribution in [0.15, 0.2) is 42.9 Å². The molecule has 0 N–H and O–H groups in total. The van der Waals surface area contributed by atoms with E-state index < -0.39 is 11.7 Å². The van der Waals surface area contributed by atoms with Gasteiger partial charge in [-0.25, -0.2) is 9.97 Å². The Kier molecular flexibility index (Phi) is 3.20. The van der Waals surface area contributed by atoms with Crippen LogP contribution in [0.4, 0.5) is 13.2 Å². The molecule has 4 nitrogen and oxygen atoms in total. The summed E-state index contributed by atoms with van der Waals surface area (Å²) in [7, 11) is 0. The third-order valence-corrected chi connectivity index (χ3v) is 3.22. The molecule has 22 heavy (non-hydrogen) atoms. The van der Waals surface area contributed by atoms with Crippen molar-refractivity contribution >= 4 is 11.4 Å². The van der Waals surface area contributed by atoms with Gasteiger partial charge in [-0.15, -0.1) is 0 Å². The number of halogens is 3. The summed E-state index contributed by atoms with van der Waals surface area (Å²) in [6.45, 7) is 1.38. The quantitative estimate of drug-likeness (QED) is 0.679. The van der Waals surface area contributed by atoms with E-state index in [1.807, 2.05) is 0 Å². The average molecular weight is 305 g/mol. The van der Waals surface area contributed by atoms with Gasteiger partial charge in [-0.3, -0.25) is 4.79 Å². The van der Waals surface area contributed by atoms with Gasteiger partial charge in [-0.2, -0.15) is 13.2 Å². The van der Waals surface area contributed by atoms with Crippen molar-refractivity contribution < 1.29 is 18.0 Å². The molecule has 2 aromatic heterocycles. The molecular formula is C15H10F3N3O. The van der Waals surface area contributed by atoms with Gasteiger partial charge in [0.25, 0.3) is 0 Å². The fourth-order valence-corrected chi connectivity index (χ4v) is 2.11. The molecule has 0 atom stereocenters. The molecule has 0 radical (unpaired) electrons. The highest BCUT2D eigenvalue weighted by Crippen LogP contribution is 2.31. The molecule has 7 heteroatoms. The molecule has 0 saturated carbocycles. The number of alkyl halides is 3. The number of ketones is 1. The van der Waals surface area contributed by atoms with Gasteiger partial charge in [0.1, 0.15) is 11.4 Å². The molecular weight excluding hydrogens is 295 g/mol. The number of Topliss-reactive ketones (excluding diaryl/α,β-unsaturated/α-hetero) is 1. The van der Waals surface area contributed by atoms with E-state index in [9.17, 15) is 18.0 Å². The van der Waals surface area contributed by atoms with Crippen LogP contribution in [0.1, 0.15) is 23.0 Å². The first-order valence-electron chi connectivity index (χ1n) is 6.38. The Balaban J connectivity index is 2.17. The van der Waals surface area contributed by atoms with Crippen molar-refractivity contribution in [2.45, 2.75) is 13.1 Å². The van der Waals surface area contributed by atoms with Crippen molar-refractivity contribution in [1.82, 2.24) is 14.4 Å².